The smallest absolute Gasteiger partial charge is 0.243 e. The van der Waals surface area contributed by atoms with Gasteiger partial charge in [0.1, 0.15) is 0 Å². The van der Waals surface area contributed by atoms with Crippen molar-refractivity contribution in [2.75, 3.05) is 18.4 Å². The van der Waals surface area contributed by atoms with E-state index < -0.39 is 10.0 Å². The Balaban J connectivity index is 1.18. The van der Waals surface area contributed by atoms with Crippen molar-refractivity contribution in [3.63, 3.8) is 0 Å². The normalized spacial score (nSPS) is 19.5. The van der Waals surface area contributed by atoms with Gasteiger partial charge >= 0.3 is 0 Å². The first-order valence-corrected chi connectivity index (χ1v) is 14.1. The fraction of sp³-hybridized carbons (Fsp3) is 0.385. The Morgan fingerprint density at radius 3 is 2.44 bits per heavy atom. The van der Waals surface area contributed by atoms with Crippen LogP contribution in [0, 0.1) is 12.8 Å². The Labute approximate surface area is 205 Å². The molecule has 6 nitrogen and oxygen atoms in total. The van der Waals surface area contributed by atoms with Gasteiger partial charge in [0.2, 0.25) is 15.9 Å². The molecule has 0 saturated carbocycles. The van der Waals surface area contributed by atoms with Crippen molar-refractivity contribution in [1.82, 2.24) is 9.29 Å². The van der Waals surface area contributed by atoms with Crippen molar-refractivity contribution in [2.24, 2.45) is 5.92 Å². The number of amides is 1. The molecule has 5 rings (SSSR count). The minimum absolute atomic E-state index is 0.0573. The maximum atomic E-state index is 12.9. The number of benzene rings is 2. The SMILES string of the molecule is Cc1ccc(S(=O)(=O)N2CCC(C(=O)Nc3nc4c(s3)C[C@H](c3ccccc3)CC4)CC2)cc1. The zero-order valence-corrected chi connectivity index (χ0v) is 20.9. The van der Waals surface area contributed by atoms with Crippen LogP contribution in [0.3, 0.4) is 0 Å². The summed E-state index contributed by atoms with van der Waals surface area (Å²) in [5.74, 6) is 0.234. The Kier molecular flexibility index (Phi) is 6.55. The molecular formula is C26H29N3O3S2. The predicted molar refractivity (Wildman–Crippen MR) is 135 cm³/mol. The van der Waals surface area contributed by atoms with Gasteiger partial charge < -0.3 is 5.32 Å². The second-order valence-electron chi connectivity index (χ2n) is 9.22. The number of piperidine rings is 1. The minimum Gasteiger partial charge on any atom is -0.302 e. The van der Waals surface area contributed by atoms with Gasteiger partial charge in [-0.3, -0.25) is 4.79 Å². The maximum Gasteiger partial charge on any atom is 0.243 e. The van der Waals surface area contributed by atoms with Crippen LogP contribution in [0.2, 0.25) is 0 Å². The van der Waals surface area contributed by atoms with E-state index in [4.69, 9.17) is 4.98 Å². The van der Waals surface area contributed by atoms with E-state index in [9.17, 15) is 13.2 Å². The molecule has 0 radical (unpaired) electrons. The molecule has 0 unspecified atom stereocenters. The van der Waals surface area contributed by atoms with E-state index in [1.807, 2.05) is 25.1 Å². The summed E-state index contributed by atoms with van der Waals surface area (Å²) in [5, 5.41) is 3.68. The van der Waals surface area contributed by atoms with Crippen molar-refractivity contribution in [3.8, 4) is 0 Å². The highest BCUT2D eigenvalue weighted by atomic mass is 32.2. The maximum absolute atomic E-state index is 12.9. The van der Waals surface area contributed by atoms with Gasteiger partial charge in [0.05, 0.1) is 10.6 Å². The molecule has 2 aliphatic rings. The van der Waals surface area contributed by atoms with Crippen LogP contribution in [0.25, 0.3) is 0 Å². The minimum atomic E-state index is -3.53. The second-order valence-corrected chi connectivity index (χ2v) is 12.2. The molecule has 1 saturated heterocycles. The van der Waals surface area contributed by atoms with E-state index >= 15 is 0 Å². The monoisotopic (exact) mass is 495 g/mol. The van der Waals surface area contributed by atoms with E-state index in [0.717, 1.165) is 30.5 Å². The highest BCUT2D eigenvalue weighted by Gasteiger charge is 2.33. The first kappa shape index (κ1) is 23.2. The van der Waals surface area contributed by atoms with Gasteiger partial charge in [-0.05, 0) is 62.6 Å². The lowest BCUT2D eigenvalue weighted by Crippen LogP contribution is -2.41. The summed E-state index contributed by atoms with van der Waals surface area (Å²) in [4.78, 5) is 19.2. The molecule has 1 atom stereocenters. The molecule has 178 valence electrons. The van der Waals surface area contributed by atoms with Gasteiger partial charge in [-0.15, -0.1) is 11.3 Å². The molecule has 1 fully saturated rings. The molecule has 2 aromatic carbocycles. The van der Waals surface area contributed by atoms with Gasteiger partial charge in [0.25, 0.3) is 0 Å². The number of nitrogens with zero attached hydrogens (tertiary/aromatic N) is 2. The van der Waals surface area contributed by atoms with Crippen molar-refractivity contribution >= 4 is 32.4 Å². The lowest BCUT2D eigenvalue weighted by Gasteiger charge is -2.30. The van der Waals surface area contributed by atoms with Crippen LogP contribution in [-0.2, 0) is 27.7 Å². The lowest BCUT2D eigenvalue weighted by atomic mass is 9.85. The van der Waals surface area contributed by atoms with Crippen molar-refractivity contribution in [3.05, 3.63) is 76.3 Å². The summed E-state index contributed by atoms with van der Waals surface area (Å²) >= 11 is 1.58. The van der Waals surface area contributed by atoms with Gasteiger partial charge in [-0.2, -0.15) is 4.31 Å². The number of nitrogens with one attached hydrogen (secondary N) is 1. The number of anilines is 1. The van der Waals surface area contributed by atoms with Crippen LogP contribution in [-0.4, -0.2) is 36.7 Å². The van der Waals surface area contributed by atoms with Crippen LogP contribution in [0.4, 0.5) is 5.13 Å². The molecule has 0 spiro atoms. The average Bonchev–Trinajstić information content (AvgIpc) is 3.26. The number of carbonyl (C=O) groups is 1. The summed E-state index contributed by atoms with van der Waals surface area (Å²) in [6, 6.07) is 17.5. The number of rotatable bonds is 5. The summed E-state index contributed by atoms with van der Waals surface area (Å²) < 4.78 is 27.3. The van der Waals surface area contributed by atoms with Gasteiger partial charge in [0, 0.05) is 23.9 Å². The fourth-order valence-corrected chi connectivity index (χ4v) is 7.42. The molecule has 1 amide bonds. The molecule has 1 N–H and O–H groups in total. The molecule has 34 heavy (non-hydrogen) atoms. The number of fused-ring (bicyclic) bond motifs is 1. The van der Waals surface area contributed by atoms with Crippen LogP contribution >= 0.6 is 11.3 Å². The topological polar surface area (TPSA) is 79.4 Å². The highest BCUT2D eigenvalue weighted by molar-refractivity contribution is 7.89. The van der Waals surface area contributed by atoms with Crippen molar-refractivity contribution in [2.45, 2.75) is 49.8 Å². The molecule has 2 heterocycles. The van der Waals surface area contributed by atoms with Crippen LogP contribution < -0.4 is 5.32 Å². The third kappa shape index (κ3) is 4.80. The number of thiazole rings is 1. The number of hydrogen-bond donors (Lipinski definition) is 1. The first-order chi connectivity index (χ1) is 16.4. The molecule has 1 aliphatic carbocycles. The van der Waals surface area contributed by atoms with Crippen molar-refractivity contribution in [1.29, 1.82) is 0 Å². The van der Waals surface area contributed by atoms with Crippen LogP contribution in [0.15, 0.2) is 59.5 Å². The Bertz CT molecular complexity index is 1260. The third-order valence-electron chi connectivity index (χ3n) is 6.92. The second kappa shape index (κ2) is 9.60. The van der Waals surface area contributed by atoms with E-state index in [0.29, 0.717) is 41.9 Å². The number of aryl methyl sites for hydroxylation is 2. The van der Waals surface area contributed by atoms with E-state index in [2.05, 4.69) is 29.6 Å². The van der Waals surface area contributed by atoms with Crippen molar-refractivity contribution < 1.29 is 13.2 Å². The van der Waals surface area contributed by atoms with Crippen LogP contribution in [0.5, 0.6) is 0 Å². The van der Waals surface area contributed by atoms with Gasteiger partial charge in [0.15, 0.2) is 5.13 Å². The molecule has 3 aromatic rings. The summed E-state index contributed by atoms with van der Waals surface area (Å²) in [6.45, 7) is 2.63. The Hall–Kier alpha value is -2.55. The average molecular weight is 496 g/mol. The zero-order chi connectivity index (χ0) is 23.7. The largest absolute Gasteiger partial charge is 0.302 e. The number of sulfonamides is 1. The molecule has 0 bridgehead atoms. The number of aromatic nitrogens is 1. The van der Waals surface area contributed by atoms with Gasteiger partial charge in [-0.25, -0.2) is 13.4 Å². The zero-order valence-electron chi connectivity index (χ0n) is 19.2. The summed E-state index contributed by atoms with van der Waals surface area (Å²) in [5.41, 5.74) is 3.49. The quantitative estimate of drug-likeness (QED) is 0.553. The molecule has 8 heteroatoms. The summed E-state index contributed by atoms with van der Waals surface area (Å²) in [6.07, 6.45) is 3.98. The summed E-state index contributed by atoms with van der Waals surface area (Å²) in [7, 11) is -3.53. The Morgan fingerprint density at radius 1 is 1.03 bits per heavy atom. The highest BCUT2D eigenvalue weighted by Crippen LogP contribution is 2.37. The standard InChI is InChI=1S/C26H29N3O3S2/c1-18-7-10-22(11-8-18)34(31,32)29-15-13-20(14-16-29)25(30)28-26-27-23-12-9-21(17-24(23)33-26)19-5-3-2-4-6-19/h2-8,10-11,20-21H,9,12-17H2,1H3,(H,27,28,30)/t21-/m1/s1. The first-order valence-electron chi connectivity index (χ1n) is 11.8. The third-order valence-corrected chi connectivity index (χ3v) is 9.87. The number of hydrogen-bond acceptors (Lipinski definition) is 5. The van der Waals surface area contributed by atoms with Gasteiger partial charge in [-0.1, -0.05) is 48.0 Å². The lowest BCUT2D eigenvalue weighted by molar-refractivity contribution is -0.120. The number of carbonyl (C=O) groups excluding carboxylic acids is 1. The van der Waals surface area contributed by atoms with Crippen LogP contribution in [0.1, 0.15) is 46.9 Å². The van der Waals surface area contributed by atoms with E-state index in [-0.39, 0.29) is 11.8 Å². The molecule has 1 aliphatic heterocycles. The molecule has 1 aromatic heterocycles. The van der Waals surface area contributed by atoms with E-state index in [1.165, 1.54) is 14.7 Å². The van der Waals surface area contributed by atoms with E-state index in [1.54, 1.807) is 23.5 Å². The molecular weight excluding hydrogens is 466 g/mol. The Morgan fingerprint density at radius 2 is 1.74 bits per heavy atom. The fourth-order valence-electron chi connectivity index (χ4n) is 4.86. The predicted octanol–water partition coefficient (Wildman–Crippen LogP) is 4.76.